The monoisotopic (exact) mass is 245 g/mol. The number of halogens is 1. The number of methoxy groups -OCH3 is 1. The average Bonchev–Trinajstić information content (AvgIpc) is 2.47. The first-order chi connectivity index (χ1) is 8.72. The summed E-state index contributed by atoms with van der Waals surface area (Å²) in [5.74, 6) is -0.0833. The van der Waals surface area contributed by atoms with E-state index in [1.54, 1.807) is 42.5 Å². The maximum Gasteiger partial charge on any atom is 0.286 e. The molecule has 2 rings (SSSR count). The van der Waals surface area contributed by atoms with Crippen LogP contribution in [0.2, 0.25) is 0 Å². The zero-order valence-electron chi connectivity index (χ0n) is 9.84. The van der Waals surface area contributed by atoms with Crippen LogP contribution in [0.4, 0.5) is 10.2 Å². The number of rotatable bonds is 3. The van der Waals surface area contributed by atoms with Crippen molar-refractivity contribution in [1.82, 2.24) is 0 Å². The third-order valence-electron chi connectivity index (χ3n) is 2.50. The average molecular weight is 245 g/mol. The number of anilines is 1. The quantitative estimate of drug-likeness (QED) is 0.777. The first-order valence-corrected chi connectivity index (χ1v) is 5.41. The van der Waals surface area contributed by atoms with Gasteiger partial charge in [0.25, 0.3) is 5.91 Å². The largest absolute Gasteiger partial charge is 0.497 e. The predicted octanol–water partition coefficient (Wildman–Crippen LogP) is 3.23. The molecular weight excluding hydrogens is 233 g/mol. The molecule has 4 heteroatoms. The number of ether oxygens (including phenoxy) is 1. The first-order valence-electron chi connectivity index (χ1n) is 5.41. The normalized spacial score (nSPS) is 9.89. The van der Waals surface area contributed by atoms with Gasteiger partial charge in [-0.3, -0.25) is 4.79 Å². The Morgan fingerprint density at radius 1 is 1.06 bits per heavy atom. The molecule has 0 saturated heterocycles. The predicted molar refractivity (Wildman–Crippen MR) is 67.4 cm³/mol. The lowest BCUT2D eigenvalue weighted by Crippen LogP contribution is -2.21. The third-order valence-corrected chi connectivity index (χ3v) is 2.50. The minimum absolute atomic E-state index is 0.120. The summed E-state index contributed by atoms with van der Waals surface area (Å²) in [4.78, 5) is 11.8. The number of hydrogen-bond acceptors (Lipinski definition) is 2. The third kappa shape index (κ3) is 2.48. The van der Waals surface area contributed by atoms with Gasteiger partial charge in [0.05, 0.1) is 12.8 Å². The van der Waals surface area contributed by atoms with E-state index in [9.17, 15) is 9.28 Å². The van der Waals surface area contributed by atoms with Crippen molar-refractivity contribution < 1.29 is 14.0 Å². The Balaban J connectivity index is 2.20. The Labute approximate surface area is 104 Å². The van der Waals surface area contributed by atoms with Crippen molar-refractivity contribution >= 4 is 11.6 Å². The van der Waals surface area contributed by atoms with Crippen molar-refractivity contribution in [2.24, 2.45) is 0 Å². The first kappa shape index (κ1) is 12.1. The van der Waals surface area contributed by atoms with E-state index in [0.717, 1.165) is 0 Å². The van der Waals surface area contributed by atoms with Crippen molar-refractivity contribution in [3.63, 3.8) is 0 Å². The molecule has 0 aliphatic carbocycles. The van der Waals surface area contributed by atoms with Crippen molar-refractivity contribution in [2.45, 2.75) is 0 Å². The summed E-state index contributed by atoms with van der Waals surface area (Å²) >= 11 is 0. The molecule has 0 unspecified atom stereocenters. The Morgan fingerprint density at radius 2 is 1.67 bits per heavy atom. The lowest BCUT2D eigenvalue weighted by atomic mass is 10.2. The van der Waals surface area contributed by atoms with Gasteiger partial charge in [-0.1, -0.05) is 22.7 Å². The zero-order chi connectivity index (χ0) is 13.0. The molecule has 18 heavy (non-hydrogen) atoms. The van der Waals surface area contributed by atoms with E-state index in [0.29, 0.717) is 11.3 Å². The Kier molecular flexibility index (Phi) is 3.57. The molecule has 0 saturated carbocycles. The molecule has 2 aromatic carbocycles. The van der Waals surface area contributed by atoms with E-state index < -0.39 is 5.91 Å². The van der Waals surface area contributed by atoms with Crippen molar-refractivity contribution in [3.05, 3.63) is 60.2 Å². The number of hydrogen-bond donors (Lipinski definition) is 0. The lowest BCUT2D eigenvalue weighted by Gasteiger charge is -2.12. The highest BCUT2D eigenvalue weighted by molar-refractivity contribution is 6.04. The SMILES string of the molecule is COc1ccc(N(F)C(=O)c2ccccc2)cc1. The summed E-state index contributed by atoms with van der Waals surface area (Å²) in [6.45, 7) is 0. The molecule has 2 aromatic rings. The number of amides is 1. The summed E-state index contributed by atoms with van der Waals surface area (Å²) in [7, 11) is 1.53. The van der Waals surface area contributed by atoms with Crippen LogP contribution in [0, 0.1) is 0 Å². The highest BCUT2D eigenvalue weighted by Gasteiger charge is 2.16. The fraction of sp³-hybridized carbons (Fsp3) is 0.0714. The van der Waals surface area contributed by atoms with Crippen LogP contribution in [0.25, 0.3) is 0 Å². The standard InChI is InChI=1S/C14H12FNO2/c1-18-13-9-7-12(8-10-13)16(15)14(17)11-5-3-2-4-6-11/h2-10H,1H3. The summed E-state index contributed by atoms with van der Waals surface area (Å²) in [6, 6.07) is 14.5. The molecule has 0 N–H and O–H groups in total. The minimum Gasteiger partial charge on any atom is -0.497 e. The van der Waals surface area contributed by atoms with Crippen LogP contribution in [0.1, 0.15) is 10.4 Å². The molecule has 0 heterocycles. The molecule has 0 radical (unpaired) electrons. The van der Waals surface area contributed by atoms with Crippen molar-refractivity contribution in [2.75, 3.05) is 12.2 Å². The van der Waals surface area contributed by atoms with E-state index >= 15 is 0 Å². The summed E-state index contributed by atoms with van der Waals surface area (Å²) in [6.07, 6.45) is 0. The molecule has 0 aliphatic heterocycles. The second-order valence-electron chi connectivity index (χ2n) is 3.65. The second-order valence-corrected chi connectivity index (χ2v) is 3.65. The highest BCUT2D eigenvalue weighted by atomic mass is 19.2. The fourth-order valence-electron chi connectivity index (χ4n) is 1.52. The van der Waals surface area contributed by atoms with Crippen LogP contribution in [-0.2, 0) is 0 Å². The maximum absolute atomic E-state index is 13.9. The minimum atomic E-state index is -0.694. The smallest absolute Gasteiger partial charge is 0.286 e. The zero-order valence-corrected chi connectivity index (χ0v) is 9.84. The summed E-state index contributed by atoms with van der Waals surface area (Å²) < 4.78 is 18.9. The highest BCUT2D eigenvalue weighted by Crippen LogP contribution is 2.21. The summed E-state index contributed by atoms with van der Waals surface area (Å²) in [5.41, 5.74) is 0.473. The number of nitrogens with zero attached hydrogens (tertiary/aromatic N) is 1. The second kappa shape index (κ2) is 5.31. The Bertz CT molecular complexity index is 525. The number of carbonyl (C=O) groups is 1. The van der Waals surface area contributed by atoms with E-state index in [4.69, 9.17) is 4.74 Å². The van der Waals surface area contributed by atoms with Gasteiger partial charge < -0.3 is 4.74 Å². The van der Waals surface area contributed by atoms with E-state index in [-0.39, 0.29) is 10.8 Å². The van der Waals surface area contributed by atoms with Gasteiger partial charge in [-0.2, -0.15) is 0 Å². The van der Waals surface area contributed by atoms with Crippen molar-refractivity contribution in [3.8, 4) is 5.75 Å². The van der Waals surface area contributed by atoms with Gasteiger partial charge >= 0.3 is 0 Å². The van der Waals surface area contributed by atoms with Crippen LogP contribution < -0.4 is 9.86 Å². The van der Waals surface area contributed by atoms with Gasteiger partial charge in [-0.25, -0.2) is 0 Å². The van der Waals surface area contributed by atoms with Gasteiger partial charge in [0.1, 0.15) is 5.75 Å². The maximum atomic E-state index is 13.9. The molecule has 1 amide bonds. The van der Waals surface area contributed by atoms with E-state index in [2.05, 4.69) is 0 Å². The lowest BCUT2D eigenvalue weighted by molar-refractivity contribution is 0.0931. The topological polar surface area (TPSA) is 29.5 Å². The Morgan fingerprint density at radius 3 is 2.22 bits per heavy atom. The van der Waals surface area contributed by atoms with Crippen LogP contribution in [0.15, 0.2) is 54.6 Å². The molecule has 0 spiro atoms. The van der Waals surface area contributed by atoms with E-state index in [1.807, 2.05) is 0 Å². The fourth-order valence-corrected chi connectivity index (χ4v) is 1.52. The van der Waals surface area contributed by atoms with Gasteiger partial charge in [0, 0.05) is 5.56 Å². The van der Waals surface area contributed by atoms with Gasteiger partial charge in [-0.15, -0.1) is 5.12 Å². The van der Waals surface area contributed by atoms with Gasteiger partial charge in [-0.05, 0) is 36.4 Å². The molecule has 0 atom stereocenters. The van der Waals surface area contributed by atoms with Gasteiger partial charge in [0.2, 0.25) is 0 Å². The van der Waals surface area contributed by atoms with Gasteiger partial charge in [0.15, 0.2) is 0 Å². The molecular formula is C14H12FNO2. The molecule has 0 fully saturated rings. The van der Waals surface area contributed by atoms with Crippen molar-refractivity contribution in [1.29, 1.82) is 0 Å². The van der Waals surface area contributed by atoms with E-state index in [1.165, 1.54) is 19.2 Å². The molecule has 92 valence electrons. The number of carbonyl (C=O) groups excluding carboxylic acids is 1. The van der Waals surface area contributed by atoms with Crippen LogP contribution in [0.5, 0.6) is 5.75 Å². The Hall–Kier alpha value is -2.36. The molecule has 0 aromatic heterocycles. The molecule has 0 aliphatic rings. The van der Waals surface area contributed by atoms with Crippen LogP contribution in [0.3, 0.4) is 0 Å². The molecule has 0 bridgehead atoms. The molecule has 3 nitrogen and oxygen atoms in total. The summed E-state index contributed by atoms with van der Waals surface area (Å²) in [5, 5.41) is 0.120. The van der Waals surface area contributed by atoms with Crippen LogP contribution in [-0.4, -0.2) is 13.0 Å². The number of benzene rings is 2. The van der Waals surface area contributed by atoms with Crippen LogP contribution >= 0.6 is 0 Å².